The summed E-state index contributed by atoms with van der Waals surface area (Å²) >= 11 is 0. The van der Waals surface area contributed by atoms with Crippen LogP contribution in [0.2, 0.25) is 0 Å². The summed E-state index contributed by atoms with van der Waals surface area (Å²) in [7, 11) is 2.77. The maximum Gasteiger partial charge on any atom is 0.204 e. The van der Waals surface area contributed by atoms with Crippen LogP contribution >= 0.6 is 0 Å². The highest BCUT2D eigenvalue weighted by Crippen LogP contribution is 2.39. The van der Waals surface area contributed by atoms with Crippen LogP contribution in [0.3, 0.4) is 0 Å². The Balaban J connectivity index is 2.35. The third kappa shape index (κ3) is 2.36. The molecule has 3 N–H and O–H groups in total. The van der Waals surface area contributed by atoms with Gasteiger partial charge in [0.25, 0.3) is 0 Å². The molecule has 0 aliphatic rings. The number of aromatic hydroxyl groups is 3. The molecule has 0 spiro atoms. The van der Waals surface area contributed by atoms with Gasteiger partial charge in [0.05, 0.1) is 19.8 Å². The van der Waals surface area contributed by atoms with Gasteiger partial charge in [-0.1, -0.05) is 0 Å². The summed E-state index contributed by atoms with van der Waals surface area (Å²) < 4.78 is 15.6. The normalized spacial score (nSPS) is 10.8. The van der Waals surface area contributed by atoms with Gasteiger partial charge in [0.1, 0.15) is 34.5 Å². The second kappa shape index (κ2) is 5.69. The van der Waals surface area contributed by atoms with E-state index in [1.807, 2.05) is 0 Å². The lowest BCUT2D eigenvalue weighted by atomic mass is 10.0. The molecule has 0 bridgehead atoms. The second-order valence-electron chi connectivity index (χ2n) is 5.04. The van der Waals surface area contributed by atoms with Gasteiger partial charge in [0, 0.05) is 23.8 Å². The number of fused-ring (bicyclic) bond motifs is 1. The highest BCUT2D eigenvalue weighted by Gasteiger charge is 2.19. The minimum Gasteiger partial charge on any atom is -0.508 e. The molecule has 7 nitrogen and oxygen atoms in total. The Hall–Kier alpha value is -3.35. The number of rotatable bonds is 3. The molecule has 24 heavy (non-hydrogen) atoms. The van der Waals surface area contributed by atoms with Crippen LogP contribution in [0.1, 0.15) is 0 Å². The van der Waals surface area contributed by atoms with Crippen molar-refractivity contribution in [3.63, 3.8) is 0 Å². The average Bonchev–Trinajstić information content (AvgIpc) is 2.54. The third-order valence-electron chi connectivity index (χ3n) is 3.63. The van der Waals surface area contributed by atoms with Gasteiger partial charge in [-0.05, 0) is 6.07 Å². The van der Waals surface area contributed by atoms with E-state index in [-0.39, 0.29) is 39.5 Å². The van der Waals surface area contributed by atoms with Crippen molar-refractivity contribution in [3.05, 3.63) is 40.8 Å². The fraction of sp³-hybridized carbons (Fsp3) is 0.118. The summed E-state index contributed by atoms with van der Waals surface area (Å²) in [5.74, 6) is -0.375. The topological polar surface area (TPSA) is 109 Å². The van der Waals surface area contributed by atoms with E-state index in [0.717, 1.165) is 6.07 Å². The molecule has 2 aromatic carbocycles. The molecule has 0 saturated heterocycles. The molecule has 0 aliphatic carbocycles. The quantitative estimate of drug-likeness (QED) is 0.677. The Kier molecular flexibility index (Phi) is 3.69. The van der Waals surface area contributed by atoms with E-state index in [1.54, 1.807) is 0 Å². The van der Waals surface area contributed by atoms with Crippen molar-refractivity contribution in [2.75, 3.05) is 14.2 Å². The predicted molar refractivity (Wildman–Crippen MR) is 86.0 cm³/mol. The van der Waals surface area contributed by atoms with Crippen LogP contribution in [-0.2, 0) is 0 Å². The van der Waals surface area contributed by atoms with Gasteiger partial charge < -0.3 is 29.2 Å². The van der Waals surface area contributed by atoms with E-state index < -0.39 is 11.2 Å². The van der Waals surface area contributed by atoms with E-state index in [4.69, 9.17) is 13.9 Å². The first-order chi connectivity index (χ1) is 11.5. The fourth-order valence-corrected chi connectivity index (χ4v) is 2.50. The molecular formula is C17H14O7. The minimum atomic E-state index is -0.514. The summed E-state index contributed by atoms with van der Waals surface area (Å²) in [4.78, 5) is 12.8. The molecule has 0 radical (unpaired) electrons. The van der Waals surface area contributed by atoms with Crippen molar-refractivity contribution in [1.82, 2.24) is 0 Å². The Morgan fingerprint density at radius 1 is 0.875 bits per heavy atom. The molecule has 0 atom stereocenters. The molecular weight excluding hydrogens is 316 g/mol. The molecule has 7 heteroatoms. The monoisotopic (exact) mass is 330 g/mol. The minimum absolute atomic E-state index is 0.0472. The van der Waals surface area contributed by atoms with Crippen molar-refractivity contribution >= 4 is 11.0 Å². The van der Waals surface area contributed by atoms with Crippen LogP contribution in [0.5, 0.6) is 28.7 Å². The van der Waals surface area contributed by atoms with Crippen LogP contribution in [-0.4, -0.2) is 29.5 Å². The smallest absolute Gasteiger partial charge is 0.204 e. The van der Waals surface area contributed by atoms with E-state index in [9.17, 15) is 20.1 Å². The SMILES string of the molecule is COc1cc(-c2coc3cc(O)cc(O)c3c2=O)c(OC)cc1O. The van der Waals surface area contributed by atoms with Gasteiger partial charge in [-0.25, -0.2) is 0 Å². The number of ether oxygens (including phenoxy) is 2. The number of benzene rings is 2. The Morgan fingerprint density at radius 2 is 1.58 bits per heavy atom. The highest BCUT2D eigenvalue weighted by molar-refractivity contribution is 5.89. The lowest BCUT2D eigenvalue weighted by Gasteiger charge is -2.12. The van der Waals surface area contributed by atoms with Gasteiger partial charge in [0.2, 0.25) is 5.43 Å². The largest absolute Gasteiger partial charge is 0.508 e. The Labute approximate surface area is 135 Å². The number of hydrogen-bond acceptors (Lipinski definition) is 7. The molecule has 0 aliphatic heterocycles. The molecule has 1 aromatic heterocycles. The van der Waals surface area contributed by atoms with E-state index >= 15 is 0 Å². The maximum absolute atomic E-state index is 12.8. The summed E-state index contributed by atoms with van der Waals surface area (Å²) in [6, 6.07) is 5.03. The number of methoxy groups -OCH3 is 2. The third-order valence-corrected chi connectivity index (χ3v) is 3.63. The number of hydrogen-bond donors (Lipinski definition) is 3. The van der Waals surface area contributed by atoms with Crippen LogP contribution in [0.4, 0.5) is 0 Å². The standard InChI is InChI=1S/C17H14O7/c1-22-13-6-11(19)14(23-2)5-9(13)10-7-24-15-4-8(18)3-12(20)16(15)17(10)21/h3-7,18-20H,1-2H3. The Bertz CT molecular complexity index is 988. The van der Waals surface area contributed by atoms with Crippen molar-refractivity contribution < 1.29 is 29.2 Å². The van der Waals surface area contributed by atoms with Crippen LogP contribution in [0.25, 0.3) is 22.1 Å². The number of phenols is 3. The second-order valence-corrected chi connectivity index (χ2v) is 5.04. The average molecular weight is 330 g/mol. The summed E-state index contributed by atoms with van der Waals surface area (Å²) in [5, 5.41) is 29.2. The summed E-state index contributed by atoms with van der Waals surface area (Å²) in [6.07, 6.45) is 1.19. The number of phenolic OH excluding ortho intramolecular Hbond substituents is 3. The highest BCUT2D eigenvalue weighted by atomic mass is 16.5. The van der Waals surface area contributed by atoms with E-state index in [2.05, 4.69) is 0 Å². The van der Waals surface area contributed by atoms with Crippen molar-refractivity contribution in [1.29, 1.82) is 0 Å². The van der Waals surface area contributed by atoms with Crippen molar-refractivity contribution in [2.45, 2.75) is 0 Å². The lowest BCUT2D eigenvalue weighted by molar-refractivity contribution is 0.366. The molecule has 1 heterocycles. The van der Waals surface area contributed by atoms with Crippen molar-refractivity contribution in [2.24, 2.45) is 0 Å². The first kappa shape index (κ1) is 15.5. The van der Waals surface area contributed by atoms with Crippen molar-refractivity contribution in [3.8, 4) is 39.9 Å². The van der Waals surface area contributed by atoms with Crippen LogP contribution < -0.4 is 14.9 Å². The van der Waals surface area contributed by atoms with Gasteiger partial charge in [-0.2, -0.15) is 0 Å². The van der Waals surface area contributed by atoms with Crippen LogP contribution in [0.15, 0.2) is 39.7 Å². The first-order valence-electron chi connectivity index (χ1n) is 6.89. The lowest BCUT2D eigenvalue weighted by Crippen LogP contribution is -2.06. The van der Waals surface area contributed by atoms with E-state index in [1.165, 1.54) is 38.7 Å². The first-order valence-corrected chi connectivity index (χ1v) is 6.89. The molecule has 124 valence electrons. The van der Waals surface area contributed by atoms with Gasteiger partial charge in [-0.15, -0.1) is 0 Å². The van der Waals surface area contributed by atoms with Gasteiger partial charge in [0.15, 0.2) is 11.5 Å². The zero-order valence-corrected chi connectivity index (χ0v) is 12.9. The molecule has 0 unspecified atom stereocenters. The fourth-order valence-electron chi connectivity index (χ4n) is 2.50. The van der Waals surface area contributed by atoms with Gasteiger partial charge in [-0.3, -0.25) is 4.79 Å². The molecule has 0 fully saturated rings. The Morgan fingerprint density at radius 3 is 2.25 bits per heavy atom. The molecule has 0 amide bonds. The summed E-state index contributed by atoms with van der Waals surface area (Å²) in [6.45, 7) is 0. The molecule has 3 aromatic rings. The van der Waals surface area contributed by atoms with E-state index in [0.29, 0.717) is 5.56 Å². The zero-order chi connectivity index (χ0) is 17.4. The zero-order valence-electron chi connectivity index (χ0n) is 12.9. The van der Waals surface area contributed by atoms with Crippen LogP contribution in [0, 0.1) is 0 Å². The predicted octanol–water partition coefficient (Wildman–Crippen LogP) is 2.59. The molecule has 0 saturated carbocycles. The molecule has 3 rings (SSSR count). The van der Waals surface area contributed by atoms with Gasteiger partial charge >= 0.3 is 0 Å². The summed E-state index contributed by atoms with van der Waals surface area (Å²) in [5.41, 5.74) is -0.0281. The maximum atomic E-state index is 12.8.